The van der Waals surface area contributed by atoms with Crippen LogP contribution in [0.25, 0.3) is 0 Å². The van der Waals surface area contributed by atoms with Crippen LogP contribution in [0, 0.1) is 0 Å². The van der Waals surface area contributed by atoms with Crippen molar-refractivity contribution < 1.29 is 0 Å². The van der Waals surface area contributed by atoms with Gasteiger partial charge in [-0.05, 0) is 42.3 Å². The number of rotatable bonds is 2. The van der Waals surface area contributed by atoms with Crippen molar-refractivity contribution in [2.75, 3.05) is 7.05 Å². The molecule has 0 saturated heterocycles. The number of nitrogens with one attached hydrogen (secondary N) is 1. The highest BCUT2D eigenvalue weighted by molar-refractivity contribution is 6.30. The molecule has 18 heavy (non-hydrogen) atoms. The molecule has 0 fully saturated rings. The van der Waals surface area contributed by atoms with Gasteiger partial charge in [0.1, 0.15) is 0 Å². The van der Waals surface area contributed by atoms with Crippen LogP contribution in [0.15, 0.2) is 48.5 Å². The molecule has 3 rings (SSSR count). The Balaban J connectivity index is 2.02. The van der Waals surface area contributed by atoms with Gasteiger partial charge in [0.25, 0.3) is 0 Å². The standard InChI is InChI=1S/C16H16ClN/c1-18-16-10-15(11-6-8-12(17)9-7-11)13-4-2-3-5-14(13)16/h2-9,15-16,18H,10H2,1H3/t15-,16-/m0/s1. The monoisotopic (exact) mass is 257 g/mol. The lowest BCUT2D eigenvalue weighted by Crippen LogP contribution is -2.13. The summed E-state index contributed by atoms with van der Waals surface area (Å²) in [6.07, 6.45) is 1.12. The molecule has 2 aromatic rings. The van der Waals surface area contributed by atoms with Crippen LogP contribution < -0.4 is 5.32 Å². The lowest BCUT2D eigenvalue weighted by molar-refractivity contribution is 0.564. The van der Waals surface area contributed by atoms with Gasteiger partial charge in [0, 0.05) is 17.0 Å². The highest BCUT2D eigenvalue weighted by Gasteiger charge is 2.30. The molecule has 0 spiro atoms. The Morgan fingerprint density at radius 3 is 2.33 bits per heavy atom. The third kappa shape index (κ3) is 1.94. The Hall–Kier alpha value is -1.31. The van der Waals surface area contributed by atoms with E-state index in [1.54, 1.807) is 0 Å². The van der Waals surface area contributed by atoms with Crippen LogP contribution in [0.4, 0.5) is 0 Å². The summed E-state index contributed by atoms with van der Waals surface area (Å²) in [4.78, 5) is 0. The van der Waals surface area contributed by atoms with E-state index >= 15 is 0 Å². The minimum atomic E-state index is 0.460. The maximum absolute atomic E-state index is 5.96. The minimum absolute atomic E-state index is 0.460. The highest BCUT2D eigenvalue weighted by atomic mass is 35.5. The van der Waals surface area contributed by atoms with E-state index < -0.39 is 0 Å². The molecule has 2 heteroatoms. The van der Waals surface area contributed by atoms with E-state index in [9.17, 15) is 0 Å². The van der Waals surface area contributed by atoms with Crippen LogP contribution in [-0.2, 0) is 0 Å². The van der Waals surface area contributed by atoms with Gasteiger partial charge in [-0.25, -0.2) is 0 Å². The van der Waals surface area contributed by atoms with E-state index in [2.05, 4.69) is 41.7 Å². The zero-order valence-corrected chi connectivity index (χ0v) is 11.1. The average Bonchev–Trinajstić information content (AvgIpc) is 2.79. The summed E-state index contributed by atoms with van der Waals surface area (Å²) in [5.74, 6) is 0.482. The number of halogens is 1. The van der Waals surface area contributed by atoms with Crippen LogP contribution in [0.1, 0.15) is 35.1 Å². The zero-order chi connectivity index (χ0) is 12.5. The summed E-state index contributed by atoms with van der Waals surface area (Å²) in [5.41, 5.74) is 4.23. The molecule has 0 unspecified atom stereocenters. The highest BCUT2D eigenvalue weighted by Crippen LogP contribution is 2.43. The first-order chi connectivity index (χ1) is 8.79. The van der Waals surface area contributed by atoms with Crippen LogP contribution in [0.3, 0.4) is 0 Å². The first-order valence-electron chi connectivity index (χ1n) is 6.31. The molecule has 0 amide bonds. The Labute approximate surface area is 113 Å². The molecule has 2 aromatic carbocycles. The van der Waals surface area contributed by atoms with Gasteiger partial charge in [0.15, 0.2) is 0 Å². The third-order valence-corrected chi connectivity index (χ3v) is 4.09. The van der Waals surface area contributed by atoms with Gasteiger partial charge in [-0.15, -0.1) is 0 Å². The number of fused-ring (bicyclic) bond motifs is 1. The molecule has 1 aliphatic carbocycles. The van der Waals surface area contributed by atoms with Crippen molar-refractivity contribution in [1.29, 1.82) is 0 Å². The van der Waals surface area contributed by atoms with Gasteiger partial charge in [-0.3, -0.25) is 0 Å². The molecule has 1 aliphatic rings. The number of hydrogen-bond donors (Lipinski definition) is 1. The van der Waals surface area contributed by atoms with Crippen molar-refractivity contribution in [2.24, 2.45) is 0 Å². The van der Waals surface area contributed by atoms with Gasteiger partial charge in [0.05, 0.1) is 0 Å². The van der Waals surface area contributed by atoms with E-state index in [0.717, 1.165) is 11.4 Å². The van der Waals surface area contributed by atoms with E-state index in [1.807, 2.05) is 19.2 Å². The first-order valence-corrected chi connectivity index (χ1v) is 6.69. The first kappa shape index (κ1) is 11.8. The fourth-order valence-electron chi connectivity index (χ4n) is 2.92. The summed E-state index contributed by atoms with van der Waals surface area (Å²) >= 11 is 5.96. The van der Waals surface area contributed by atoms with Gasteiger partial charge < -0.3 is 5.32 Å². The predicted octanol–water partition coefficient (Wildman–Crippen LogP) is 4.14. The van der Waals surface area contributed by atoms with Crippen LogP contribution in [0.5, 0.6) is 0 Å². The fourth-order valence-corrected chi connectivity index (χ4v) is 3.05. The molecule has 92 valence electrons. The van der Waals surface area contributed by atoms with Crippen LogP contribution in [-0.4, -0.2) is 7.05 Å². The number of hydrogen-bond acceptors (Lipinski definition) is 1. The summed E-state index contributed by atoms with van der Waals surface area (Å²) in [7, 11) is 2.03. The van der Waals surface area contributed by atoms with E-state index in [0.29, 0.717) is 12.0 Å². The Kier molecular flexibility index (Phi) is 3.11. The smallest absolute Gasteiger partial charge is 0.0406 e. The van der Waals surface area contributed by atoms with Crippen molar-refractivity contribution in [3.63, 3.8) is 0 Å². The third-order valence-electron chi connectivity index (χ3n) is 3.84. The predicted molar refractivity (Wildman–Crippen MR) is 76.2 cm³/mol. The van der Waals surface area contributed by atoms with Crippen LogP contribution in [0.2, 0.25) is 5.02 Å². The second kappa shape index (κ2) is 4.75. The molecule has 0 bridgehead atoms. The van der Waals surface area contributed by atoms with Crippen molar-refractivity contribution in [2.45, 2.75) is 18.4 Å². The lowest BCUT2D eigenvalue weighted by Gasteiger charge is -2.12. The molecular weight excluding hydrogens is 242 g/mol. The Morgan fingerprint density at radius 2 is 1.67 bits per heavy atom. The Morgan fingerprint density at radius 1 is 1.00 bits per heavy atom. The van der Waals surface area contributed by atoms with Gasteiger partial charge in [-0.2, -0.15) is 0 Å². The van der Waals surface area contributed by atoms with Crippen molar-refractivity contribution >= 4 is 11.6 Å². The maximum Gasteiger partial charge on any atom is 0.0406 e. The fraction of sp³-hybridized carbons (Fsp3) is 0.250. The normalized spacial score (nSPS) is 21.9. The molecule has 0 aliphatic heterocycles. The van der Waals surface area contributed by atoms with Crippen molar-refractivity contribution in [3.05, 3.63) is 70.2 Å². The maximum atomic E-state index is 5.96. The van der Waals surface area contributed by atoms with Gasteiger partial charge >= 0.3 is 0 Å². The van der Waals surface area contributed by atoms with E-state index in [1.165, 1.54) is 16.7 Å². The molecule has 0 heterocycles. The van der Waals surface area contributed by atoms with Gasteiger partial charge in [0.2, 0.25) is 0 Å². The summed E-state index contributed by atoms with van der Waals surface area (Å²) in [5, 5.41) is 4.21. The van der Waals surface area contributed by atoms with Crippen molar-refractivity contribution in [3.8, 4) is 0 Å². The topological polar surface area (TPSA) is 12.0 Å². The average molecular weight is 258 g/mol. The molecule has 2 atom stereocenters. The largest absolute Gasteiger partial charge is 0.313 e. The molecular formula is C16H16ClN. The molecule has 0 radical (unpaired) electrons. The summed E-state index contributed by atoms with van der Waals surface area (Å²) < 4.78 is 0. The lowest BCUT2D eigenvalue weighted by atomic mass is 9.93. The van der Waals surface area contributed by atoms with Crippen LogP contribution >= 0.6 is 11.6 Å². The molecule has 0 aromatic heterocycles. The SMILES string of the molecule is CN[C@H]1C[C@@H](c2ccc(Cl)cc2)c2ccccc21. The second-order valence-corrected chi connectivity index (χ2v) is 5.25. The molecule has 1 nitrogen and oxygen atoms in total. The second-order valence-electron chi connectivity index (χ2n) is 4.81. The Bertz CT molecular complexity index is 547. The number of benzene rings is 2. The molecule has 0 saturated carbocycles. The van der Waals surface area contributed by atoms with E-state index in [4.69, 9.17) is 11.6 Å². The summed E-state index contributed by atoms with van der Waals surface area (Å²) in [6, 6.07) is 17.4. The van der Waals surface area contributed by atoms with Crippen molar-refractivity contribution in [1.82, 2.24) is 5.32 Å². The quantitative estimate of drug-likeness (QED) is 0.853. The minimum Gasteiger partial charge on any atom is -0.313 e. The van der Waals surface area contributed by atoms with E-state index in [-0.39, 0.29) is 0 Å². The van der Waals surface area contributed by atoms with Gasteiger partial charge in [-0.1, -0.05) is 48.0 Å². The molecule has 1 N–H and O–H groups in total. The zero-order valence-electron chi connectivity index (χ0n) is 10.4. The summed E-state index contributed by atoms with van der Waals surface area (Å²) in [6.45, 7) is 0.